The van der Waals surface area contributed by atoms with E-state index in [2.05, 4.69) is 0 Å². The molecule has 0 saturated carbocycles. The summed E-state index contributed by atoms with van der Waals surface area (Å²) in [6, 6.07) is 9.97. The molecule has 24 heavy (non-hydrogen) atoms. The van der Waals surface area contributed by atoms with E-state index in [4.69, 9.17) is 4.74 Å². The van der Waals surface area contributed by atoms with Gasteiger partial charge in [0.1, 0.15) is 5.75 Å². The summed E-state index contributed by atoms with van der Waals surface area (Å²) in [5.41, 5.74) is 0.125. The quantitative estimate of drug-likeness (QED) is 0.681. The molecule has 1 aliphatic carbocycles. The third kappa shape index (κ3) is 2.55. The van der Waals surface area contributed by atoms with Crippen molar-refractivity contribution in [3.63, 3.8) is 0 Å². The summed E-state index contributed by atoms with van der Waals surface area (Å²) < 4.78 is 55.3. The van der Waals surface area contributed by atoms with E-state index in [-0.39, 0.29) is 28.0 Å². The second kappa shape index (κ2) is 5.74. The Labute approximate surface area is 133 Å². The molecular formula is C17H10F4O3. The fourth-order valence-corrected chi connectivity index (χ4v) is 2.47. The molecule has 0 aromatic heterocycles. The van der Waals surface area contributed by atoms with E-state index in [9.17, 15) is 27.2 Å². The summed E-state index contributed by atoms with van der Waals surface area (Å²) in [7, 11) is 0. The third-order valence-corrected chi connectivity index (χ3v) is 3.65. The van der Waals surface area contributed by atoms with Crippen LogP contribution in [0.3, 0.4) is 0 Å². The Morgan fingerprint density at radius 2 is 1.46 bits per heavy atom. The van der Waals surface area contributed by atoms with E-state index in [0.29, 0.717) is 0 Å². The summed E-state index contributed by atoms with van der Waals surface area (Å²) >= 11 is 0. The monoisotopic (exact) mass is 338 g/mol. The van der Waals surface area contributed by atoms with Crippen molar-refractivity contribution in [2.24, 2.45) is 0 Å². The van der Waals surface area contributed by atoms with Crippen molar-refractivity contribution >= 4 is 11.6 Å². The van der Waals surface area contributed by atoms with Crippen LogP contribution in [-0.4, -0.2) is 30.5 Å². The lowest BCUT2D eigenvalue weighted by molar-refractivity contribution is -0.148. The first kappa shape index (κ1) is 16.2. The van der Waals surface area contributed by atoms with Crippen LogP contribution in [0.2, 0.25) is 0 Å². The third-order valence-electron chi connectivity index (χ3n) is 3.65. The van der Waals surface area contributed by atoms with Gasteiger partial charge in [0.05, 0.1) is 5.56 Å². The van der Waals surface area contributed by atoms with Crippen molar-refractivity contribution in [3.05, 3.63) is 64.7 Å². The van der Waals surface area contributed by atoms with Gasteiger partial charge in [-0.25, -0.2) is 8.78 Å². The molecule has 7 heteroatoms. The molecule has 0 fully saturated rings. The fourth-order valence-electron chi connectivity index (χ4n) is 2.47. The summed E-state index contributed by atoms with van der Waals surface area (Å²) in [5, 5.41) is 0. The molecule has 0 bridgehead atoms. The SMILES string of the molecule is O=C1c2ccccc2C(=O)c2c(OCC(F)(F)C(F)F)cccc21. The molecule has 3 rings (SSSR count). The summed E-state index contributed by atoms with van der Waals surface area (Å²) in [6.07, 6.45) is -3.89. The second-order valence-corrected chi connectivity index (χ2v) is 5.23. The summed E-state index contributed by atoms with van der Waals surface area (Å²) in [5.74, 6) is -5.70. The van der Waals surface area contributed by atoms with Crippen molar-refractivity contribution in [3.8, 4) is 5.75 Å². The minimum atomic E-state index is -4.36. The molecule has 0 radical (unpaired) electrons. The lowest BCUT2D eigenvalue weighted by Crippen LogP contribution is -2.34. The molecule has 124 valence electrons. The number of fused-ring (bicyclic) bond motifs is 2. The number of rotatable bonds is 4. The van der Waals surface area contributed by atoms with E-state index in [1.165, 1.54) is 30.3 Å². The topological polar surface area (TPSA) is 43.4 Å². The smallest absolute Gasteiger partial charge is 0.340 e. The van der Waals surface area contributed by atoms with Gasteiger partial charge in [-0.15, -0.1) is 0 Å². The molecule has 0 heterocycles. The Morgan fingerprint density at radius 3 is 2.08 bits per heavy atom. The second-order valence-electron chi connectivity index (χ2n) is 5.23. The minimum Gasteiger partial charge on any atom is -0.486 e. The number of ketones is 2. The average molecular weight is 338 g/mol. The Morgan fingerprint density at radius 1 is 0.875 bits per heavy atom. The molecule has 0 spiro atoms. The molecule has 1 aliphatic rings. The Hall–Kier alpha value is -2.70. The maximum Gasteiger partial charge on any atom is 0.340 e. The molecule has 3 nitrogen and oxygen atoms in total. The number of alkyl halides is 4. The van der Waals surface area contributed by atoms with Gasteiger partial charge < -0.3 is 4.74 Å². The molecule has 2 aromatic rings. The zero-order valence-corrected chi connectivity index (χ0v) is 12.1. The van der Waals surface area contributed by atoms with Crippen LogP contribution >= 0.6 is 0 Å². The van der Waals surface area contributed by atoms with Gasteiger partial charge in [-0.05, 0) is 6.07 Å². The predicted molar refractivity (Wildman–Crippen MR) is 76.2 cm³/mol. The zero-order chi connectivity index (χ0) is 17.5. The van der Waals surface area contributed by atoms with E-state index in [1.54, 1.807) is 12.1 Å². The van der Waals surface area contributed by atoms with Crippen molar-refractivity contribution in [1.82, 2.24) is 0 Å². The number of benzene rings is 2. The molecule has 0 amide bonds. The highest BCUT2D eigenvalue weighted by molar-refractivity contribution is 6.29. The molecule has 0 aliphatic heterocycles. The average Bonchev–Trinajstić information content (AvgIpc) is 2.57. The Bertz CT molecular complexity index is 830. The van der Waals surface area contributed by atoms with E-state index < -0.39 is 30.5 Å². The zero-order valence-electron chi connectivity index (χ0n) is 12.1. The van der Waals surface area contributed by atoms with Crippen molar-refractivity contribution < 1.29 is 31.9 Å². The number of hydrogen-bond acceptors (Lipinski definition) is 3. The van der Waals surface area contributed by atoms with E-state index >= 15 is 0 Å². The maximum atomic E-state index is 13.1. The highest BCUT2D eigenvalue weighted by atomic mass is 19.3. The lowest BCUT2D eigenvalue weighted by atomic mass is 9.83. The largest absolute Gasteiger partial charge is 0.486 e. The predicted octanol–water partition coefficient (Wildman–Crippen LogP) is 3.74. The molecule has 0 saturated heterocycles. The van der Waals surface area contributed by atoms with Gasteiger partial charge in [0, 0.05) is 16.7 Å². The number of ether oxygens (including phenoxy) is 1. The van der Waals surface area contributed by atoms with E-state index in [0.717, 1.165) is 0 Å². The Balaban J connectivity index is 2.01. The van der Waals surface area contributed by atoms with Crippen molar-refractivity contribution in [1.29, 1.82) is 0 Å². The van der Waals surface area contributed by atoms with Gasteiger partial charge in [0.2, 0.25) is 0 Å². The van der Waals surface area contributed by atoms with Gasteiger partial charge in [-0.1, -0.05) is 36.4 Å². The van der Waals surface area contributed by atoms with Crippen LogP contribution in [0.1, 0.15) is 31.8 Å². The van der Waals surface area contributed by atoms with Gasteiger partial charge >= 0.3 is 12.3 Å². The normalized spacial score (nSPS) is 13.7. The minimum absolute atomic E-state index is 0.00318. The van der Waals surface area contributed by atoms with Gasteiger partial charge in [0.25, 0.3) is 0 Å². The van der Waals surface area contributed by atoms with Gasteiger partial charge in [-0.2, -0.15) is 8.78 Å². The van der Waals surface area contributed by atoms with Crippen LogP contribution in [0.4, 0.5) is 17.6 Å². The van der Waals surface area contributed by atoms with Crippen molar-refractivity contribution in [2.75, 3.05) is 6.61 Å². The Kier molecular flexibility index (Phi) is 3.87. The van der Waals surface area contributed by atoms with Crippen LogP contribution < -0.4 is 4.74 Å². The molecule has 2 aromatic carbocycles. The lowest BCUT2D eigenvalue weighted by Gasteiger charge is -2.21. The number of carbonyl (C=O) groups excluding carboxylic acids is 2. The number of halogens is 4. The van der Waals surface area contributed by atoms with Crippen LogP contribution in [0.5, 0.6) is 5.75 Å². The highest BCUT2D eigenvalue weighted by Gasteiger charge is 2.42. The molecule has 0 unspecified atom stereocenters. The summed E-state index contributed by atoms with van der Waals surface area (Å²) in [4.78, 5) is 25.0. The first-order valence-electron chi connectivity index (χ1n) is 6.93. The number of carbonyl (C=O) groups is 2. The first-order chi connectivity index (χ1) is 11.3. The van der Waals surface area contributed by atoms with Gasteiger partial charge in [-0.3, -0.25) is 9.59 Å². The summed E-state index contributed by atoms with van der Waals surface area (Å²) in [6.45, 7) is -1.59. The fraction of sp³-hybridized carbons (Fsp3) is 0.176. The highest BCUT2D eigenvalue weighted by Crippen LogP contribution is 2.34. The van der Waals surface area contributed by atoms with Gasteiger partial charge in [0.15, 0.2) is 18.2 Å². The van der Waals surface area contributed by atoms with Crippen LogP contribution in [0, 0.1) is 0 Å². The first-order valence-corrected chi connectivity index (χ1v) is 6.93. The van der Waals surface area contributed by atoms with Crippen LogP contribution in [0.25, 0.3) is 0 Å². The maximum absolute atomic E-state index is 13.1. The van der Waals surface area contributed by atoms with Crippen LogP contribution in [0.15, 0.2) is 42.5 Å². The molecule has 0 N–H and O–H groups in total. The van der Waals surface area contributed by atoms with E-state index in [1.807, 2.05) is 0 Å². The standard InChI is InChI=1S/C17H10F4O3/c18-16(19)17(20,21)8-24-12-7-3-6-11-13(12)15(23)10-5-2-1-4-9(10)14(11)22/h1-7,16H,8H2. The molecule has 0 atom stereocenters. The molecular weight excluding hydrogens is 328 g/mol. The van der Waals surface area contributed by atoms with Crippen molar-refractivity contribution in [2.45, 2.75) is 12.3 Å². The van der Waals surface area contributed by atoms with Crippen LogP contribution in [-0.2, 0) is 0 Å². The number of hydrogen-bond donors (Lipinski definition) is 0.